The number of fused-ring (bicyclic) bond motifs is 1. The maximum absolute atomic E-state index is 13.3. The number of sulfonamides is 1. The molecule has 1 N–H and O–H groups in total. The van der Waals surface area contributed by atoms with Gasteiger partial charge in [0.2, 0.25) is 0 Å². The highest BCUT2D eigenvalue weighted by atomic mass is 32.2. The van der Waals surface area contributed by atoms with Crippen molar-refractivity contribution in [2.45, 2.75) is 31.1 Å². The summed E-state index contributed by atoms with van der Waals surface area (Å²) in [4.78, 5) is 15.1. The van der Waals surface area contributed by atoms with Crippen LogP contribution in [0.3, 0.4) is 0 Å². The van der Waals surface area contributed by atoms with Gasteiger partial charge in [-0.2, -0.15) is 5.10 Å². The van der Waals surface area contributed by atoms with Gasteiger partial charge in [-0.25, -0.2) is 13.1 Å². The second-order valence-corrected chi connectivity index (χ2v) is 10.7. The van der Waals surface area contributed by atoms with Crippen LogP contribution >= 0.6 is 0 Å². The molecular formula is C27H28N4O3S. The molecule has 0 aliphatic carbocycles. The third-order valence-electron chi connectivity index (χ3n) is 6.50. The van der Waals surface area contributed by atoms with Gasteiger partial charge < -0.3 is 4.90 Å². The molecular weight excluding hydrogens is 460 g/mol. The van der Waals surface area contributed by atoms with E-state index in [0.717, 1.165) is 48.1 Å². The van der Waals surface area contributed by atoms with Crippen molar-refractivity contribution in [3.05, 3.63) is 82.6 Å². The summed E-state index contributed by atoms with van der Waals surface area (Å²) in [6.45, 7) is 3.67. The number of piperidine rings is 1. The van der Waals surface area contributed by atoms with E-state index in [9.17, 15) is 13.2 Å². The fourth-order valence-corrected chi connectivity index (χ4v) is 5.67. The summed E-state index contributed by atoms with van der Waals surface area (Å²) in [5.41, 5.74) is 3.54. The van der Waals surface area contributed by atoms with Crippen molar-refractivity contribution in [3.8, 4) is 11.3 Å². The number of anilines is 2. The van der Waals surface area contributed by atoms with Crippen LogP contribution < -0.4 is 15.2 Å². The summed E-state index contributed by atoms with van der Waals surface area (Å²) >= 11 is 0. The Morgan fingerprint density at radius 1 is 0.886 bits per heavy atom. The van der Waals surface area contributed by atoms with E-state index < -0.39 is 10.0 Å². The molecule has 35 heavy (non-hydrogen) atoms. The highest BCUT2D eigenvalue weighted by Crippen LogP contribution is 2.35. The Balaban J connectivity index is 1.65. The fourth-order valence-electron chi connectivity index (χ4n) is 4.61. The third kappa shape index (κ3) is 4.53. The quantitative estimate of drug-likeness (QED) is 0.440. The first kappa shape index (κ1) is 23.1. The molecule has 4 aromatic rings. The molecule has 0 radical (unpaired) electrons. The molecule has 2 heterocycles. The van der Waals surface area contributed by atoms with Crippen molar-refractivity contribution in [1.82, 2.24) is 9.78 Å². The summed E-state index contributed by atoms with van der Waals surface area (Å²) in [6.07, 6.45) is 3.31. The summed E-state index contributed by atoms with van der Waals surface area (Å²) in [5, 5.41) is 5.83. The average molecular weight is 489 g/mol. The molecule has 3 aromatic carbocycles. The van der Waals surface area contributed by atoms with Gasteiger partial charge in [0.1, 0.15) is 0 Å². The lowest BCUT2D eigenvalue weighted by Gasteiger charge is -2.31. The number of rotatable bonds is 5. The van der Waals surface area contributed by atoms with Gasteiger partial charge in [-0.15, -0.1) is 0 Å². The second kappa shape index (κ2) is 9.19. The molecule has 0 amide bonds. The number of hydrogen-bond donors (Lipinski definition) is 1. The summed E-state index contributed by atoms with van der Waals surface area (Å²) in [7, 11) is -2.17. The molecule has 8 heteroatoms. The molecule has 1 aliphatic heterocycles. The van der Waals surface area contributed by atoms with Gasteiger partial charge in [0.25, 0.3) is 15.6 Å². The van der Waals surface area contributed by atoms with Gasteiger partial charge >= 0.3 is 0 Å². The minimum Gasteiger partial charge on any atom is -0.370 e. The zero-order valence-electron chi connectivity index (χ0n) is 19.9. The summed E-state index contributed by atoms with van der Waals surface area (Å²) in [6, 6.07) is 19.9. The van der Waals surface area contributed by atoms with Crippen LogP contribution in [0.15, 0.2) is 76.4 Å². The summed E-state index contributed by atoms with van der Waals surface area (Å²) < 4.78 is 30.8. The van der Waals surface area contributed by atoms with E-state index in [-0.39, 0.29) is 10.5 Å². The lowest BCUT2D eigenvalue weighted by Crippen LogP contribution is -2.30. The van der Waals surface area contributed by atoms with Crippen molar-refractivity contribution in [2.75, 3.05) is 22.7 Å². The normalized spacial score (nSPS) is 14.3. The average Bonchev–Trinajstić information content (AvgIpc) is 2.87. The first-order chi connectivity index (χ1) is 16.8. The van der Waals surface area contributed by atoms with Crippen LogP contribution in [0.5, 0.6) is 0 Å². The van der Waals surface area contributed by atoms with Gasteiger partial charge in [-0.05, 0) is 56.5 Å². The third-order valence-corrected chi connectivity index (χ3v) is 7.88. The van der Waals surface area contributed by atoms with Crippen molar-refractivity contribution in [3.63, 3.8) is 0 Å². The smallest absolute Gasteiger partial charge is 0.274 e. The van der Waals surface area contributed by atoms with Crippen molar-refractivity contribution in [2.24, 2.45) is 7.05 Å². The first-order valence-corrected chi connectivity index (χ1v) is 13.3. The number of benzene rings is 3. The Bertz CT molecular complexity index is 1550. The Kier molecular flexibility index (Phi) is 6.06. The molecule has 7 nitrogen and oxygen atoms in total. The van der Waals surface area contributed by atoms with Crippen LogP contribution in [0, 0.1) is 6.92 Å². The number of nitrogens with one attached hydrogen (secondary N) is 1. The van der Waals surface area contributed by atoms with Crippen LogP contribution in [0.1, 0.15) is 24.8 Å². The molecule has 1 fully saturated rings. The Labute approximate surface area is 205 Å². The van der Waals surface area contributed by atoms with E-state index in [1.54, 1.807) is 37.4 Å². The van der Waals surface area contributed by atoms with E-state index in [1.165, 1.54) is 11.1 Å². The number of nitrogens with zero attached hydrogens (tertiary/aromatic N) is 3. The van der Waals surface area contributed by atoms with Crippen LogP contribution in [0.4, 0.5) is 11.4 Å². The molecule has 1 aliphatic rings. The predicted molar refractivity (Wildman–Crippen MR) is 140 cm³/mol. The zero-order valence-corrected chi connectivity index (χ0v) is 20.7. The van der Waals surface area contributed by atoms with Crippen molar-refractivity contribution in [1.29, 1.82) is 0 Å². The van der Waals surface area contributed by atoms with E-state index in [1.807, 2.05) is 43.3 Å². The molecule has 0 spiro atoms. The van der Waals surface area contributed by atoms with Crippen LogP contribution in [0.25, 0.3) is 22.0 Å². The molecule has 0 bridgehead atoms. The van der Waals surface area contributed by atoms with Crippen LogP contribution in [-0.2, 0) is 17.1 Å². The Hall–Kier alpha value is -3.65. The minimum absolute atomic E-state index is 0.172. The van der Waals surface area contributed by atoms with Gasteiger partial charge in [-0.1, -0.05) is 42.0 Å². The van der Waals surface area contributed by atoms with E-state index in [2.05, 4.69) is 14.7 Å². The summed E-state index contributed by atoms with van der Waals surface area (Å²) in [5.74, 6) is 0. The maximum Gasteiger partial charge on any atom is 0.274 e. The topological polar surface area (TPSA) is 84.3 Å². The first-order valence-electron chi connectivity index (χ1n) is 11.8. The molecule has 1 aromatic heterocycles. The SMILES string of the molecule is Cc1ccc(S(=O)(=O)Nc2cc(-c3nn(C)c(=O)c4ccccc34)ccc2N2CCCCC2)cc1. The molecule has 0 unspecified atom stereocenters. The second-order valence-electron chi connectivity index (χ2n) is 9.02. The van der Waals surface area contributed by atoms with Gasteiger partial charge in [-0.3, -0.25) is 9.52 Å². The highest BCUT2D eigenvalue weighted by Gasteiger charge is 2.21. The lowest BCUT2D eigenvalue weighted by molar-refractivity contribution is 0.578. The monoisotopic (exact) mass is 488 g/mol. The molecule has 180 valence electrons. The predicted octanol–water partition coefficient (Wildman–Crippen LogP) is 4.70. The largest absolute Gasteiger partial charge is 0.370 e. The zero-order chi connectivity index (χ0) is 24.6. The fraction of sp³-hybridized carbons (Fsp3) is 0.259. The Morgan fingerprint density at radius 3 is 2.29 bits per heavy atom. The van der Waals surface area contributed by atoms with E-state index >= 15 is 0 Å². The van der Waals surface area contributed by atoms with Crippen LogP contribution in [0.2, 0.25) is 0 Å². The van der Waals surface area contributed by atoms with E-state index in [0.29, 0.717) is 16.8 Å². The number of aromatic nitrogens is 2. The van der Waals surface area contributed by atoms with Crippen molar-refractivity contribution >= 4 is 32.2 Å². The van der Waals surface area contributed by atoms with E-state index in [4.69, 9.17) is 0 Å². The minimum atomic E-state index is -3.80. The molecule has 0 saturated carbocycles. The molecule has 1 saturated heterocycles. The number of aryl methyl sites for hydroxylation is 2. The van der Waals surface area contributed by atoms with Gasteiger partial charge in [0.15, 0.2) is 0 Å². The molecule has 0 atom stereocenters. The van der Waals surface area contributed by atoms with Gasteiger partial charge in [0, 0.05) is 31.1 Å². The molecule has 5 rings (SSSR count). The van der Waals surface area contributed by atoms with Crippen molar-refractivity contribution < 1.29 is 8.42 Å². The lowest BCUT2D eigenvalue weighted by atomic mass is 10.0. The highest BCUT2D eigenvalue weighted by molar-refractivity contribution is 7.92. The maximum atomic E-state index is 13.3. The standard InChI is InChI=1S/C27H28N4O3S/c1-19-10-13-21(14-11-19)35(33,34)29-24-18-20(12-15-25(24)31-16-6-3-7-17-31)26-22-8-4-5-9-23(22)27(32)30(2)28-26/h4-5,8-15,18,29H,3,6-7,16-17H2,1-2H3. The van der Waals surface area contributed by atoms with Crippen LogP contribution in [-0.4, -0.2) is 31.3 Å². The van der Waals surface area contributed by atoms with Gasteiger partial charge in [0.05, 0.1) is 27.4 Å². The number of hydrogen-bond acceptors (Lipinski definition) is 5. The Morgan fingerprint density at radius 2 is 1.57 bits per heavy atom.